The van der Waals surface area contributed by atoms with Gasteiger partial charge in [0, 0.05) is 19.0 Å². The van der Waals surface area contributed by atoms with E-state index in [1.807, 2.05) is 0 Å². The average molecular weight is 303 g/mol. The summed E-state index contributed by atoms with van der Waals surface area (Å²) < 4.78 is 18.1. The summed E-state index contributed by atoms with van der Waals surface area (Å²) >= 11 is 0. The number of rotatable bonds is 3. The lowest BCUT2D eigenvalue weighted by Gasteiger charge is -2.15. The molecule has 114 valence electrons. The smallest absolute Gasteiger partial charge is 0.308 e. The number of hydrogen-bond acceptors (Lipinski definition) is 3. The summed E-state index contributed by atoms with van der Waals surface area (Å²) in [4.78, 5) is 25.2. The standard InChI is InChI=1S/C16H14FNO4/c17-11-5-3-10(4-6-11)12-8-18(9-13(12)16(20)21)15(19)14-2-1-7-22-14/h1-7,12-13H,8-9H2,(H,20,21)/t12-,13+/m1/s1. The molecule has 1 aromatic carbocycles. The zero-order chi connectivity index (χ0) is 15.7. The van der Waals surface area contributed by atoms with Gasteiger partial charge in [-0.1, -0.05) is 12.1 Å². The highest BCUT2D eigenvalue weighted by atomic mass is 19.1. The minimum atomic E-state index is -0.968. The molecule has 0 radical (unpaired) electrons. The largest absolute Gasteiger partial charge is 0.481 e. The van der Waals surface area contributed by atoms with E-state index in [9.17, 15) is 19.1 Å². The van der Waals surface area contributed by atoms with Crippen molar-refractivity contribution in [1.29, 1.82) is 0 Å². The minimum absolute atomic E-state index is 0.108. The Labute approximate surface area is 126 Å². The SMILES string of the molecule is O=C(O)[C@H]1CN(C(=O)c2ccco2)C[C@@H]1c1ccc(F)cc1. The molecular weight excluding hydrogens is 289 g/mol. The first-order valence-corrected chi connectivity index (χ1v) is 6.87. The number of carboxylic acids is 1. The first kappa shape index (κ1) is 14.3. The number of carbonyl (C=O) groups is 2. The summed E-state index contributed by atoms with van der Waals surface area (Å²) in [6.07, 6.45) is 1.40. The van der Waals surface area contributed by atoms with Crippen molar-refractivity contribution in [1.82, 2.24) is 4.90 Å². The molecule has 2 heterocycles. The van der Waals surface area contributed by atoms with Gasteiger partial charge in [0.15, 0.2) is 5.76 Å². The van der Waals surface area contributed by atoms with Crippen molar-refractivity contribution in [3.63, 3.8) is 0 Å². The summed E-state index contributed by atoms with van der Waals surface area (Å²) in [6.45, 7) is 0.374. The van der Waals surface area contributed by atoms with Crippen LogP contribution in [0.1, 0.15) is 22.0 Å². The number of benzene rings is 1. The van der Waals surface area contributed by atoms with E-state index < -0.39 is 11.9 Å². The summed E-state index contributed by atoms with van der Waals surface area (Å²) in [5, 5.41) is 9.39. The molecule has 6 heteroatoms. The van der Waals surface area contributed by atoms with Gasteiger partial charge in [-0.3, -0.25) is 9.59 Å². The maximum absolute atomic E-state index is 13.0. The van der Waals surface area contributed by atoms with Gasteiger partial charge in [-0.2, -0.15) is 0 Å². The maximum Gasteiger partial charge on any atom is 0.308 e. The molecule has 3 rings (SSSR count). The second-order valence-electron chi connectivity index (χ2n) is 5.29. The van der Waals surface area contributed by atoms with Gasteiger partial charge in [-0.15, -0.1) is 0 Å². The van der Waals surface area contributed by atoms with E-state index in [1.54, 1.807) is 24.3 Å². The van der Waals surface area contributed by atoms with Crippen LogP contribution in [0.2, 0.25) is 0 Å². The third-order valence-electron chi connectivity index (χ3n) is 3.95. The molecular formula is C16H14FNO4. The maximum atomic E-state index is 13.0. The quantitative estimate of drug-likeness (QED) is 0.945. The topological polar surface area (TPSA) is 70.8 Å². The first-order chi connectivity index (χ1) is 10.6. The highest BCUT2D eigenvalue weighted by Crippen LogP contribution is 2.33. The van der Waals surface area contributed by atoms with Gasteiger partial charge in [0.25, 0.3) is 5.91 Å². The van der Waals surface area contributed by atoms with Gasteiger partial charge < -0.3 is 14.4 Å². The van der Waals surface area contributed by atoms with Crippen LogP contribution in [0.4, 0.5) is 4.39 Å². The Bertz CT molecular complexity index is 681. The molecule has 1 fully saturated rings. The molecule has 1 amide bonds. The minimum Gasteiger partial charge on any atom is -0.481 e. The van der Waals surface area contributed by atoms with Crippen LogP contribution in [-0.2, 0) is 4.79 Å². The number of aliphatic carboxylic acids is 1. The number of carbonyl (C=O) groups excluding carboxylic acids is 1. The van der Waals surface area contributed by atoms with Crippen LogP contribution in [0.3, 0.4) is 0 Å². The Kier molecular flexibility index (Phi) is 3.66. The molecule has 0 unspecified atom stereocenters. The number of hydrogen-bond donors (Lipinski definition) is 1. The number of halogens is 1. The number of carboxylic acid groups (broad SMARTS) is 1. The Morgan fingerprint density at radius 3 is 2.50 bits per heavy atom. The molecule has 2 atom stereocenters. The lowest BCUT2D eigenvalue weighted by atomic mass is 9.89. The Hall–Kier alpha value is -2.63. The molecule has 2 aromatic rings. The van der Waals surface area contributed by atoms with Crippen LogP contribution >= 0.6 is 0 Å². The molecule has 0 aliphatic carbocycles. The predicted octanol–water partition coefficient (Wildman–Crippen LogP) is 2.36. The van der Waals surface area contributed by atoms with E-state index in [0.29, 0.717) is 5.56 Å². The Balaban J connectivity index is 1.85. The highest BCUT2D eigenvalue weighted by Gasteiger charge is 2.41. The zero-order valence-corrected chi connectivity index (χ0v) is 11.6. The molecule has 22 heavy (non-hydrogen) atoms. The second kappa shape index (κ2) is 5.63. The van der Waals surface area contributed by atoms with Crippen molar-refractivity contribution >= 4 is 11.9 Å². The van der Waals surface area contributed by atoms with E-state index in [-0.39, 0.29) is 36.5 Å². The van der Waals surface area contributed by atoms with E-state index in [0.717, 1.165) is 0 Å². The molecule has 1 aliphatic rings. The molecule has 0 bridgehead atoms. The number of amides is 1. The van der Waals surface area contributed by atoms with Crippen molar-refractivity contribution in [3.05, 3.63) is 59.8 Å². The van der Waals surface area contributed by atoms with Crippen LogP contribution in [0, 0.1) is 11.7 Å². The lowest BCUT2D eigenvalue weighted by Crippen LogP contribution is -2.29. The fourth-order valence-electron chi connectivity index (χ4n) is 2.82. The van der Waals surface area contributed by atoms with E-state index >= 15 is 0 Å². The van der Waals surface area contributed by atoms with Gasteiger partial charge in [-0.05, 0) is 29.8 Å². The number of furan rings is 1. The molecule has 1 aromatic heterocycles. The first-order valence-electron chi connectivity index (χ1n) is 6.87. The van der Waals surface area contributed by atoms with Crippen molar-refractivity contribution in [2.24, 2.45) is 5.92 Å². The van der Waals surface area contributed by atoms with Crippen LogP contribution in [0.15, 0.2) is 47.1 Å². The van der Waals surface area contributed by atoms with Crippen LogP contribution in [0.25, 0.3) is 0 Å². The lowest BCUT2D eigenvalue weighted by molar-refractivity contribution is -0.141. The fourth-order valence-corrected chi connectivity index (χ4v) is 2.82. The normalized spacial score (nSPS) is 21.0. The second-order valence-corrected chi connectivity index (χ2v) is 5.29. The monoisotopic (exact) mass is 303 g/mol. The average Bonchev–Trinajstić information content (AvgIpc) is 3.17. The van der Waals surface area contributed by atoms with Crippen LogP contribution in [0.5, 0.6) is 0 Å². The molecule has 1 saturated heterocycles. The van der Waals surface area contributed by atoms with E-state index in [4.69, 9.17) is 4.42 Å². The summed E-state index contributed by atoms with van der Waals surface area (Å²) in [5.74, 6) is -2.58. The van der Waals surface area contributed by atoms with Crippen molar-refractivity contribution in [2.75, 3.05) is 13.1 Å². The van der Waals surface area contributed by atoms with Crippen molar-refractivity contribution in [2.45, 2.75) is 5.92 Å². The van der Waals surface area contributed by atoms with Gasteiger partial charge in [0.1, 0.15) is 5.82 Å². The van der Waals surface area contributed by atoms with Crippen molar-refractivity contribution in [3.8, 4) is 0 Å². The molecule has 5 nitrogen and oxygen atoms in total. The van der Waals surface area contributed by atoms with Crippen LogP contribution < -0.4 is 0 Å². The molecule has 1 aliphatic heterocycles. The predicted molar refractivity (Wildman–Crippen MR) is 74.9 cm³/mol. The van der Waals surface area contributed by atoms with Gasteiger partial charge in [-0.25, -0.2) is 4.39 Å². The Morgan fingerprint density at radius 1 is 1.18 bits per heavy atom. The van der Waals surface area contributed by atoms with Crippen LogP contribution in [-0.4, -0.2) is 35.0 Å². The molecule has 0 saturated carbocycles. The number of nitrogens with zero attached hydrogens (tertiary/aromatic N) is 1. The fraction of sp³-hybridized carbons (Fsp3) is 0.250. The van der Waals surface area contributed by atoms with Gasteiger partial charge >= 0.3 is 5.97 Å². The van der Waals surface area contributed by atoms with Crippen molar-refractivity contribution < 1.29 is 23.5 Å². The highest BCUT2D eigenvalue weighted by molar-refractivity contribution is 5.92. The van der Waals surface area contributed by atoms with Gasteiger partial charge in [0.05, 0.1) is 12.2 Å². The summed E-state index contributed by atoms with van der Waals surface area (Å²) in [6, 6.07) is 8.88. The van der Waals surface area contributed by atoms with Gasteiger partial charge in [0.2, 0.25) is 0 Å². The number of likely N-dealkylation sites (tertiary alicyclic amines) is 1. The molecule has 0 spiro atoms. The third-order valence-corrected chi connectivity index (χ3v) is 3.95. The third kappa shape index (κ3) is 2.59. The molecule has 1 N–H and O–H groups in total. The summed E-state index contributed by atoms with van der Waals surface area (Å²) in [5.41, 5.74) is 0.712. The van der Waals surface area contributed by atoms with E-state index in [2.05, 4.69) is 0 Å². The zero-order valence-electron chi connectivity index (χ0n) is 11.6. The summed E-state index contributed by atoms with van der Waals surface area (Å²) in [7, 11) is 0. The van der Waals surface area contributed by atoms with E-state index in [1.165, 1.54) is 23.3 Å². The Morgan fingerprint density at radius 2 is 1.91 bits per heavy atom.